The summed E-state index contributed by atoms with van der Waals surface area (Å²) in [7, 11) is 0. The fraction of sp³-hybridized carbons (Fsp3) is 0.556. The maximum atomic E-state index is 4.72. The van der Waals surface area contributed by atoms with Gasteiger partial charge in [-0.15, -0.1) is 35.3 Å². The molecule has 0 bridgehead atoms. The molecular formula is C18H27IN4S. The first-order valence-corrected chi connectivity index (χ1v) is 9.56. The molecule has 1 aromatic carbocycles. The Morgan fingerprint density at radius 1 is 1.29 bits per heavy atom. The molecule has 0 saturated heterocycles. The molecule has 4 nitrogen and oxygen atoms in total. The van der Waals surface area contributed by atoms with Crippen molar-refractivity contribution in [2.75, 3.05) is 13.1 Å². The van der Waals surface area contributed by atoms with Gasteiger partial charge in [-0.3, -0.25) is 4.99 Å². The number of guanidine groups is 1. The Kier molecular flexibility index (Phi) is 8.24. The summed E-state index contributed by atoms with van der Waals surface area (Å²) < 4.78 is 1.28. The highest BCUT2D eigenvalue weighted by atomic mass is 127. The first-order chi connectivity index (χ1) is 11.3. The van der Waals surface area contributed by atoms with Crippen LogP contribution in [0.5, 0.6) is 0 Å². The molecule has 0 spiro atoms. The number of aromatic nitrogens is 1. The molecule has 0 atom stereocenters. The van der Waals surface area contributed by atoms with Gasteiger partial charge < -0.3 is 10.6 Å². The van der Waals surface area contributed by atoms with Crippen LogP contribution in [-0.2, 0) is 6.42 Å². The van der Waals surface area contributed by atoms with Crippen molar-refractivity contribution in [2.45, 2.75) is 51.5 Å². The van der Waals surface area contributed by atoms with E-state index in [0.717, 1.165) is 37.4 Å². The highest BCUT2D eigenvalue weighted by Gasteiger charge is 2.15. The molecule has 2 N–H and O–H groups in total. The highest BCUT2D eigenvalue weighted by molar-refractivity contribution is 14.0. The minimum atomic E-state index is 0. The van der Waals surface area contributed by atoms with E-state index in [1.165, 1.54) is 35.4 Å². The summed E-state index contributed by atoms with van der Waals surface area (Å²) >= 11 is 1.80. The third kappa shape index (κ3) is 5.58. The smallest absolute Gasteiger partial charge is 0.191 e. The van der Waals surface area contributed by atoms with Crippen molar-refractivity contribution >= 4 is 51.5 Å². The van der Waals surface area contributed by atoms with E-state index in [0.29, 0.717) is 6.04 Å². The van der Waals surface area contributed by atoms with Gasteiger partial charge in [-0.05, 0) is 38.3 Å². The summed E-state index contributed by atoms with van der Waals surface area (Å²) in [5.41, 5.74) is 1.12. The lowest BCUT2D eigenvalue weighted by atomic mass is 10.2. The van der Waals surface area contributed by atoms with Gasteiger partial charge in [0.15, 0.2) is 5.96 Å². The van der Waals surface area contributed by atoms with Gasteiger partial charge in [-0.25, -0.2) is 4.98 Å². The molecule has 0 amide bonds. The Balaban J connectivity index is 0.00000208. The molecular weight excluding hydrogens is 431 g/mol. The molecule has 0 aliphatic heterocycles. The molecule has 0 radical (unpaired) electrons. The van der Waals surface area contributed by atoms with E-state index < -0.39 is 0 Å². The lowest BCUT2D eigenvalue weighted by molar-refractivity contribution is 0.613. The Bertz CT molecular complexity index is 616. The Labute approximate surface area is 165 Å². The number of rotatable bonds is 6. The number of thiazole rings is 1. The van der Waals surface area contributed by atoms with Crippen LogP contribution < -0.4 is 10.6 Å². The molecule has 1 aromatic heterocycles. The number of aryl methyl sites for hydroxylation is 1. The number of aliphatic imine (C=N–C) groups is 1. The van der Waals surface area contributed by atoms with Gasteiger partial charge in [-0.1, -0.05) is 25.0 Å². The van der Waals surface area contributed by atoms with E-state index >= 15 is 0 Å². The first kappa shape index (κ1) is 19.4. The molecule has 0 unspecified atom stereocenters. The van der Waals surface area contributed by atoms with Crippen molar-refractivity contribution < 1.29 is 0 Å². The largest absolute Gasteiger partial charge is 0.357 e. The van der Waals surface area contributed by atoms with Crippen molar-refractivity contribution in [3.05, 3.63) is 29.3 Å². The average molecular weight is 458 g/mol. The third-order valence-corrected chi connectivity index (χ3v) is 5.29. The van der Waals surface area contributed by atoms with Gasteiger partial charge in [0.05, 0.1) is 15.2 Å². The van der Waals surface area contributed by atoms with Crippen LogP contribution in [0.4, 0.5) is 0 Å². The lowest BCUT2D eigenvalue weighted by Crippen LogP contribution is -2.42. The summed E-state index contributed by atoms with van der Waals surface area (Å²) in [5, 5.41) is 8.14. The molecule has 1 saturated carbocycles. The van der Waals surface area contributed by atoms with E-state index in [4.69, 9.17) is 4.99 Å². The Morgan fingerprint density at radius 2 is 2.08 bits per heavy atom. The summed E-state index contributed by atoms with van der Waals surface area (Å²) in [6, 6.07) is 8.96. The summed E-state index contributed by atoms with van der Waals surface area (Å²) in [6.07, 6.45) is 7.28. The van der Waals surface area contributed by atoms with Crippen LogP contribution in [0, 0.1) is 0 Å². The quantitative estimate of drug-likeness (QED) is 0.293. The van der Waals surface area contributed by atoms with Crippen molar-refractivity contribution in [3.63, 3.8) is 0 Å². The molecule has 1 aliphatic rings. The van der Waals surface area contributed by atoms with E-state index in [-0.39, 0.29) is 24.0 Å². The van der Waals surface area contributed by atoms with Crippen LogP contribution in [0.3, 0.4) is 0 Å². The fourth-order valence-corrected chi connectivity index (χ4v) is 4.04. The van der Waals surface area contributed by atoms with Gasteiger partial charge in [0.2, 0.25) is 0 Å². The second kappa shape index (κ2) is 10.2. The number of fused-ring (bicyclic) bond motifs is 1. The van der Waals surface area contributed by atoms with Gasteiger partial charge in [0.1, 0.15) is 0 Å². The topological polar surface area (TPSA) is 49.3 Å². The van der Waals surface area contributed by atoms with Crippen LogP contribution in [0.2, 0.25) is 0 Å². The van der Waals surface area contributed by atoms with E-state index in [2.05, 4.69) is 40.7 Å². The van der Waals surface area contributed by atoms with E-state index in [1.54, 1.807) is 11.3 Å². The second-order valence-electron chi connectivity index (χ2n) is 6.07. The normalized spacial score (nSPS) is 15.5. The number of halogens is 1. The predicted molar refractivity (Wildman–Crippen MR) is 115 cm³/mol. The highest BCUT2D eigenvalue weighted by Crippen LogP contribution is 2.22. The van der Waals surface area contributed by atoms with E-state index in [9.17, 15) is 0 Å². The van der Waals surface area contributed by atoms with Gasteiger partial charge >= 0.3 is 0 Å². The van der Waals surface area contributed by atoms with Gasteiger partial charge in [0.25, 0.3) is 0 Å². The molecule has 1 fully saturated rings. The van der Waals surface area contributed by atoms with Crippen LogP contribution in [0.15, 0.2) is 29.3 Å². The third-order valence-electron chi connectivity index (χ3n) is 4.20. The maximum Gasteiger partial charge on any atom is 0.191 e. The summed E-state index contributed by atoms with van der Waals surface area (Å²) in [6.45, 7) is 3.88. The first-order valence-electron chi connectivity index (χ1n) is 8.74. The van der Waals surface area contributed by atoms with Gasteiger partial charge in [0, 0.05) is 25.6 Å². The van der Waals surface area contributed by atoms with E-state index in [1.807, 2.05) is 6.07 Å². The van der Waals surface area contributed by atoms with Crippen molar-refractivity contribution in [3.8, 4) is 0 Å². The molecule has 1 heterocycles. The Hall–Kier alpha value is -0.890. The summed E-state index contributed by atoms with van der Waals surface area (Å²) in [4.78, 5) is 9.40. The van der Waals surface area contributed by atoms with Crippen molar-refractivity contribution in [1.29, 1.82) is 0 Å². The zero-order chi connectivity index (χ0) is 15.9. The van der Waals surface area contributed by atoms with Crippen molar-refractivity contribution in [1.82, 2.24) is 15.6 Å². The zero-order valence-electron chi connectivity index (χ0n) is 14.3. The number of nitrogens with zero attached hydrogens (tertiary/aromatic N) is 2. The SMILES string of the molecule is CCNC(=NCCCc1nc2ccccc2s1)NC1CCCC1.I. The van der Waals surface area contributed by atoms with Crippen LogP contribution in [-0.4, -0.2) is 30.1 Å². The number of nitrogens with one attached hydrogen (secondary N) is 2. The minimum Gasteiger partial charge on any atom is -0.357 e. The molecule has 2 aromatic rings. The van der Waals surface area contributed by atoms with Crippen LogP contribution in [0.25, 0.3) is 10.2 Å². The molecule has 24 heavy (non-hydrogen) atoms. The standard InChI is InChI=1S/C18H26N4S.HI/c1-2-19-18(21-14-8-3-4-9-14)20-13-7-12-17-22-15-10-5-6-11-16(15)23-17;/h5-6,10-11,14H,2-4,7-9,12-13H2,1H3,(H2,19,20,21);1H. The Morgan fingerprint density at radius 3 is 2.83 bits per heavy atom. The number of hydrogen-bond donors (Lipinski definition) is 2. The number of para-hydroxylation sites is 1. The average Bonchev–Trinajstić information content (AvgIpc) is 3.20. The lowest BCUT2D eigenvalue weighted by Gasteiger charge is -2.16. The monoisotopic (exact) mass is 458 g/mol. The predicted octanol–water partition coefficient (Wildman–Crippen LogP) is 4.34. The summed E-state index contributed by atoms with van der Waals surface area (Å²) in [5.74, 6) is 0.976. The van der Waals surface area contributed by atoms with Crippen LogP contribution in [0.1, 0.15) is 44.0 Å². The number of hydrogen-bond acceptors (Lipinski definition) is 3. The van der Waals surface area contributed by atoms with Gasteiger partial charge in [-0.2, -0.15) is 0 Å². The molecule has 1 aliphatic carbocycles. The molecule has 132 valence electrons. The number of benzene rings is 1. The molecule has 3 rings (SSSR count). The fourth-order valence-electron chi connectivity index (χ4n) is 3.03. The maximum absolute atomic E-state index is 4.72. The second-order valence-corrected chi connectivity index (χ2v) is 7.18. The minimum absolute atomic E-state index is 0. The zero-order valence-corrected chi connectivity index (χ0v) is 17.4. The van der Waals surface area contributed by atoms with Crippen molar-refractivity contribution in [2.24, 2.45) is 4.99 Å². The van der Waals surface area contributed by atoms with Crippen LogP contribution >= 0.6 is 35.3 Å². The molecule has 6 heteroatoms.